The molecule has 0 saturated carbocycles. The first-order valence-corrected chi connectivity index (χ1v) is 10.4. The average molecular weight is 349 g/mol. The summed E-state index contributed by atoms with van der Waals surface area (Å²) in [7, 11) is 0. The van der Waals surface area contributed by atoms with Gasteiger partial charge < -0.3 is 10.6 Å². The summed E-state index contributed by atoms with van der Waals surface area (Å²) in [4.78, 5) is 13.0. The summed E-state index contributed by atoms with van der Waals surface area (Å²) in [5.74, 6) is 0.744. The molecule has 2 N–H and O–H groups in total. The summed E-state index contributed by atoms with van der Waals surface area (Å²) in [6.07, 6.45) is 13.4. The van der Waals surface area contributed by atoms with Gasteiger partial charge in [-0.2, -0.15) is 0 Å². The fourth-order valence-corrected chi connectivity index (χ4v) is 3.67. The van der Waals surface area contributed by atoms with E-state index < -0.39 is 0 Å². The second-order valence-electron chi connectivity index (χ2n) is 7.49. The zero-order valence-corrected chi connectivity index (χ0v) is 17.2. The molecular weight excluding hydrogens is 308 g/mol. The highest BCUT2D eigenvalue weighted by molar-refractivity contribution is 5.84. The van der Waals surface area contributed by atoms with Crippen molar-refractivity contribution >= 4 is 5.91 Å². The van der Waals surface area contributed by atoms with E-state index in [-0.39, 0.29) is 11.3 Å². The van der Waals surface area contributed by atoms with Crippen LogP contribution >= 0.6 is 0 Å². The van der Waals surface area contributed by atoms with Gasteiger partial charge in [-0.25, -0.2) is 0 Å². The van der Waals surface area contributed by atoms with E-state index in [1.54, 1.807) is 0 Å². The van der Waals surface area contributed by atoms with Gasteiger partial charge in [-0.05, 0) is 77.3 Å². The first kappa shape index (κ1) is 22.0. The Bertz CT molecular complexity index is 459. The highest BCUT2D eigenvalue weighted by Gasteiger charge is 2.35. The lowest BCUT2D eigenvalue weighted by atomic mass is 9.79. The second kappa shape index (κ2) is 11.5. The molecule has 2 aliphatic rings. The molecule has 0 spiro atoms. The molecular formula is C22H40N2O. The molecule has 3 heteroatoms. The molecule has 1 unspecified atom stereocenters. The monoisotopic (exact) mass is 348 g/mol. The maximum Gasteiger partial charge on any atom is 0.230 e. The molecule has 2 rings (SSSR count). The van der Waals surface area contributed by atoms with Crippen LogP contribution in [0.4, 0.5) is 0 Å². The maximum absolute atomic E-state index is 13.0. The van der Waals surface area contributed by atoms with Crippen molar-refractivity contribution < 1.29 is 4.79 Å². The minimum Gasteiger partial charge on any atom is -0.329 e. The summed E-state index contributed by atoms with van der Waals surface area (Å²) >= 11 is 0. The molecule has 1 amide bonds. The fourth-order valence-electron chi connectivity index (χ4n) is 3.67. The van der Waals surface area contributed by atoms with Crippen LogP contribution in [0.1, 0.15) is 86.0 Å². The van der Waals surface area contributed by atoms with Gasteiger partial charge in [0.25, 0.3) is 0 Å². The topological polar surface area (TPSA) is 41.1 Å². The lowest BCUT2D eigenvalue weighted by Crippen LogP contribution is -2.46. The Morgan fingerprint density at radius 1 is 1.16 bits per heavy atom. The Morgan fingerprint density at radius 2 is 1.80 bits per heavy atom. The quantitative estimate of drug-likeness (QED) is 0.673. The van der Waals surface area contributed by atoms with E-state index in [1.165, 1.54) is 30.5 Å². The van der Waals surface area contributed by atoms with Crippen molar-refractivity contribution in [3.8, 4) is 0 Å². The van der Waals surface area contributed by atoms with Gasteiger partial charge in [0.1, 0.15) is 0 Å². The number of nitrogens with one attached hydrogen (secondary N) is 2. The van der Waals surface area contributed by atoms with E-state index in [0.717, 1.165) is 45.2 Å². The number of amides is 1. The lowest BCUT2D eigenvalue weighted by molar-refractivity contribution is -0.131. The van der Waals surface area contributed by atoms with Crippen LogP contribution in [0.3, 0.4) is 0 Å². The Kier molecular flexibility index (Phi) is 10.1. The van der Waals surface area contributed by atoms with Crippen LogP contribution in [0.2, 0.25) is 0 Å². The average Bonchev–Trinajstić information content (AvgIpc) is 2.61. The Morgan fingerprint density at radius 3 is 2.44 bits per heavy atom. The molecule has 1 atom stereocenters. The largest absolute Gasteiger partial charge is 0.329 e. The third kappa shape index (κ3) is 6.62. The number of hydrogen-bond acceptors (Lipinski definition) is 2. The summed E-state index contributed by atoms with van der Waals surface area (Å²) in [5.41, 5.74) is 2.37. The van der Waals surface area contributed by atoms with E-state index in [2.05, 4.69) is 43.6 Å². The molecule has 1 saturated heterocycles. The van der Waals surface area contributed by atoms with Crippen molar-refractivity contribution in [1.82, 2.24) is 10.6 Å². The van der Waals surface area contributed by atoms with Crippen molar-refractivity contribution in [2.45, 2.75) is 86.0 Å². The Hall–Kier alpha value is -1.09. The molecule has 0 aromatic heterocycles. The van der Waals surface area contributed by atoms with Gasteiger partial charge in [0, 0.05) is 11.1 Å². The summed E-state index contributed by atoms with van der Waals surface area (Å²) < 4.78 is 0. The molecule has 1 fully saturated rings. The van der Waals surface area contributed by atoms with E-state index in [1.807, 2.05) is 13.8 Å². The van der Waals surface area contributed by atoms with Crippen LogP contribution in [0.15, 0.2) is 23.4 Å². The summed E-state index contributed by atoms with van der Waals surface area (Å²) in [6, 6.07) is 0. The van der Waals surface area contributed by atoms with Gasteiger partial charge in [-0.1, -0.05) is 45.4 Å². The SMILES string of the molecule is CC.CC/C(C)=C(/NC(=O)C1(C)CCNCC1)C1CCC=CCCC1. The molecule has 0 bridgehead atoms. The predicted molar refractivity (Wildman–Crippen MR) is 108 cm³/mol. The fraction of sp³-hybridized carbons (Fsp3) is 0.773. The number of hydrogen-bond donors (Lipinski definition) is 2. The minimum atomic E-state index is -0.216. The smallest absolute Gasteiger partial charge is 0.230 e. The molecule has 144 valence electrons. The van der Waals surface area contributed by atoms with Crippen LogP contribution in [0.25, 0.3) is 0 Å². The standard InChI is InChI=1S/C20H34N2O.C2H6/c1-4-16(2)18(17-10-8-6-5-7-9-11-17)22-19(23)20(3)12-14-21-15-13-20;1-2/h5-6,17,21H,4,7-15H2,1-3H3,(H,22,23);1-2H3/b6-5?,18-16+;. The number of carbonyl (C=O) groups is 1. The summed E-state index contributed by atoms with van der Waals surface area (Å²) in [5, 5.41) is 6.75. The second-order valence-corrected chi connectivity index (χ2v) is 7.49. The van der Waals surface area contributed by atoms with Gasteiger partial charge in [0.05, 0.1) is 0 Å². The van der Waals surface area contributed by atoms with Gasteiger partial charge in [-0.15, -0.1) is 0 Å². The predicted octanol–water partition coefficient (Wildman–Crippen LogP) is 5.34. The van der Waals surface area contributed by atoms with Crippen molar-refractivity contribution in [2.24, 2.45) is 11.3 Å². The van der Waals surface area contributed by atoms with Crippen molar-refractivity contribution in [3.05, 3.63) is 23.4 Å². The van der Waals surface area contributed by atoms with Crippen LogP contribution in [0.5, 0.6) is 0 Å². The van der Waals surface area contributed by atoms with Crippen LogP contribution < -0.4 is 10.6 Å². The molecule has 0 radical (unpaired) electrons. The van der Waals surface area contributed by atoms with Gasteiger partial charge in [-0.3, -0.25) is 4.79 Å². The van der Waals surface area contributed by atoms with Crippen LogP contribution in [-0.2, 0) is 4.79 Å². The van der Waals surface area contributed by atoms with E-state index in [9.17, 15) is 4.79 Å². The highest BCUT2D eigenvalue weighted by Crippen LogP contribution is 2.32. The molecule has 25 heavy (non-hydrogen) atoms. The Labute approximate surface area is 155 Å². The number of rotatable bonds is 4. The van der Waals surface area contributed by atoms with Crippen LogP contribution in [-0.4, -0.2) is 19.0 Å². The van der Waals surface area contributed by atoms with Gasteiger partial charge >= 0.3 is 0 Å². The molecule has 0 aromatic rings. The zero-order valence-electron chi connectivity index (χ0n) is 17.2. The summed E-state index contributed by atoms with van der Waals surface area (Å²) in [6.45, 7) is 12.4. The van der Waals surface area contributed by atoms with E-state index >= 15 is 0 Å². The van der Waals surface area contributed by atoms with E-state index in [0.29, 0.717) is 5.92 Å². The molecule has 0 aromatic carbocycles. The highest BCUT2D eigenvalue weighted by atomic mass is 16.2. The third-order valence-electron chi connectivity index (χ3n) is 5.67. The van der Waals surface area contributed by atoms with Gasteiger partial charge in [0.15, 0.2) is 0 Å². The molecule has 1 heterocycles. The number of allylic oxidation sites excluding steroid dienone is 4. The third-order valence-corrected chi connectivity index (χ3v) is 5.67. The molecule has 1 aliphatic carbocycles. The van der Waals surface area contributed by atoms with Crippen molar-refractivity contribution in [1.29, 1.82) is 0 Å². The lowest BCUT2D eigenvalue weighted by Gasteiger charge is -2.34. The molecule has 1 aliphatic heterocycles. The van der Waals surface area contributed by atoms with Crippen LogP contribution in [0, 0.1) is 11.3 Å². The van der Waals surface area contributed by atoms with Crippen molar-refractivity contribution in [2.75, 3.05) is 13.1 Å². The zero-order chi connectivity index (χ0) is 18.7. The normalized spacial score (nSPS) is 24.1. The Balaban J connectivity index is 0.00000151. The number of carbonyl (C=O) groups excluding carboxylic acids is 1. The first-order valence-electron chi connectivity index (χ1n) is 10.4. The minimum absolute atomic E-state index is 0.216. The molecule has 3 nitrogen and oxygen atoms in total. The first-order chi connectivity index (χ1) is 12.1. The number of piperidine rings is 1. The van der Waals surface area contributed by atoms with E-state index in [4.69, 9.17) is 0 Å². The van der Waals surface area contributed by atoms with Gasteiger partial charge in [0.2, 0.25) is 5.91 Å². The maximum atomic E-state index is 13.0. The van der Waals surface area contributed by atoms with Crippen molar-refractivity contribution in [3.63, 3.8) is 0 Å².